The highest BCUT2D eigenvalue weighted by atomic mass is 16.4. The normalized spacial score (nSPS) is 18.9. The molecule has 0 aliphatic heterocycles. The van der Waals surface area contributed by atoms with E-state index in [1.165, 1.54) is 0 Å². The average Bonchev–Trinajstić information content (AvgIpc) is 2.65. The van der Waals surface area contributed by atoms with Crippen LogP contribution in [0.2, 0.25) is 0 Å². The molecule has 112 valence electrons. The molecule has 0 bridgehead atoms. The molecule has 1 aliphatic carbocycles. The molecule has 1 saturated carbocycles. The molecule has 6 nitrogen and oxygen atoms in total. The summed E-state index contributed by atoms with van der Waals surface area (Å²) in [4.78, 5) is 11.8. The zero-order chi connectivity index (χ0) is 14.6. The van der Waals surface area contributed by atoms with E-state index >= 15 is 0 Å². The van der Waals surface area contributed by atoms with Crippen LogP contribution in [0.25, 0.3) is 0 Å². The first-order valence-corrected chi connectivity index (χ1v) is 7.52. The van der Waals surface area contributed by atoms with Crippen molar-refractivity contribution in [2.45, 2.75) is 65.3 Å². The van der Waals surface area contributed by atoms with Crippen molar-refractivity contribution >= 4 is 5.97 Å². The largest absolute Gasteiger partial charge is 0.481 e. The first-order valence-electron chi connectivity index (χ1n) is 7.52. The Morgan fingerprint density at radius 3 is 2.50 bits per heavy atom. The zero-order valence-electron chi connectivity index (χ0n) is 12.4. The highest BCUT2D eigenvalue weighted by molar-refractivity contribution is 5.74. The van der Waals surface area contributed by atoms with Crippen LogP contribution in [0.3, 0.4) is 0 Å². The summed E-state index contributed by atoms with van der Waals surface area (Å²) in [7, 11) is 0. The predicted molar refractivity (Wildman–Crippen MR) is 74.1 cm³/mol. The Labute approximate surface area is 119 Å². The van der Waals surface area contributed by atoms with Gasteiger partial charge in [0.1, 0.15) is 0 Å². The quantitative estimate of drug-likeness (QED) is 0.837. The standard InChI is InChI=1S/C14H24N4O2/c1-11(2)9-12-15-16-17-18(12)10-14(13(19)20)7-5-3-4-6-8-14/h11H,3-10H2,1-2H3,(H,19,20). The lowest BCUT2D eigenvalue weighted by Crippen LogP contribution is -2.36. The van der Waals surface area contributed by atoms with Crippen molar-refractivity contribution in [2.24, 2.45) is 11.3 Å². The first kappa shape index (κ1) is 14.9. The van der Waals surface area contributed by atoms with Crippen molar-refractivity contribution in [2.75, 3.05) is 0 Å². The molecule has 1 N–H and O–H groups in total. The molecular weight excluding hydrogens is 256 g/mol. The van der Waals surface area contributed by atoms with Crippen LogP contribution in [-0.2, 0) is 17.8 Å². The topological polar surface area (TPSA) is 80.9 Å². The molecule has 0 amide bonds. The third-order valence-electron chi connectivity index (χ3n) is 4.16. The molecule has 20 heavy (non-hydrogen) atoms. The molecule has 0 aromatic carbocycles. The monoisotopic (exact) mass is 280 g/mol. The van der Waals surface area contributed by atoms with Gasteiger partial charge in [-0.05, 0) is 29.2 Å². The van der Waals surface area contributed by atoms with Gasteiger partial charge in [-0.3, -0.25) is 4.79 Å². The summed E-state index contributed by atoms with van der Waals surface area (Å²) >= 11 is 0. The van der Waals surface area contributed by atoms with E-state index in [2.05, 4.69) is 29.4 Å². The van der Waals surface area contributed by atoms with E-state index in [1.807, 2.05) is 0 Å². The number of hydrogen-bond acceptors (Lipinski definition) is 4. The Balaban J connectivity index is 2.19. The van der Waals surface area contributed by atoms with Crippen molar-refractivity contribution in [3.63, 3.8) is 0 Å². The third kappa shape index (κ3) is 3.35. The molecule has 0 atom stereocenters. The fourth-order valence-corrected chi connectivity index (χ4v) is 2.99. The van der Waals surface area contributed by atoms with E-state index in [0.29, 0.717) is 12.5 Å². The van der Waals surface area contributed by atoms with Gasteiger partial charge >= 0.3 is 5.97 Å². The molecule has 0 saturated heterocycles. The fourth-order valence-electron chi connectivity index (χ4n) is 2.99. The lowest BCUT2D eigenvalue weighted by atomic mass is 9.80. The summed E-state index contributed by atoms with van der Waals surface area (Å²) in [6, 6.07) is 0. The van der Waals surface area contributed by atoms with Crippen LogP contribution in [0.5, 0.6) is 0 Å². The van der Waals surface area contributed by atoms with Gasteiger partial charge in [-0.2, -0.15) is 0 Å². The minimum Gasteiger partial charge on any atom is -0.481 e. The van der Waals surface area contributed by atoms with Crippen molar-refractivity contribution in [3.8, 4) is 0 Å². The van der Waals surface area contributed by atoms with Gasteiger partial charge < -0.3 is 5.11 Å². The van der Waals surface area contributed by atoms with Gasteiger partial charge in [0.25, 0.3) is 0 Å². The van der Waals surface area contributed by atoms with Crippen LogP contribution in [0, 0.1) is 11.3 Å². The van der Waals surface area contributed by atoms with E-state index in [9.17, 15) is 9.90 Å². The van der Waals surface area contributed by atoms with Crippen LogP contribution < -0.4 is 0 Å². The van der Waals surface area contributed by atoms with Crippen LogP contribution in [0.4, 0.5) is 0 Å². The Morgan fingerprint density at radius 1 is 1.30 bits per heavy atom. The SMILES string of the molecule is CC(C)Cc1nnnn1CC1(C(=O)O)CCCCCC1. The molecule has 0 unspecified atom stereocenters. The maximum absolute atomic E-state index is 11.8. The second kappa shape index (κ2) is 6.33. The average molecular weight is 280 g/mol. The molecule has 1 heterocycles. The van der Waals surface area contributed by atoms with Crippen LogP contribution in [-0.4, -0.2) is 31.3 Å². The van der Waals surface area contributed by atoms with Crippen LogP contribution in [0.15, 0.2) is 0 Å². The Bertz CT molecular complexity index is 448. The predicted octanol–water partition coefficient (Wildman–Crippen LogP) is 2.30. The van der Waals surface area contributed by atoms with Gasteiger partial charge in [0.05, 0.1) is 12.0 Å². The van der Waals surface area contributed by atoms with Gasteiger partial charge in [0.2, 0.25) is 0 Å². The minimum atomic E-state index is -0.703. The number of rotatable bonds is 5. The zero-order valence-corrected chi connectivity index (χ0v) is 12.4. The molecule has 1 aromatic rings. The molecule has 2 rings (SSSR count). The van der Waals surface area contributed by atoms with E-state index in [4.69, 9.17) is 0 Å². The second-order valence-electron chi connectivity index (χ2n) is 6.35. The summed E-state index contributed by atoms with van der Waals surface area (Å²) in [5.74, 6) is 0.546. The first-order chi connectivity index (χ1) is 9.53. The molecule has 1 aromatic heterocycles. The lowest BCUT2D eigenvalue weighted by Gasteiger charge is -2.28. The molecule has 6 heteroatoms. The van der Waals surface area contributed by atoms with Crippen molar-refractivity contribution < 1.29 is 9.90 Å². The molecule has 0 radical (unpaired) electrons. The summed E-state index contributed by atoms with van der Waals surface area (Å²) < 4.78 is 1.71. The third-order valence-corrected chi connectivity index (χ3v) is 4.16. The smallest absolute Gasteiger partial charge is 0.311 e. The molecule has 0 spiro atoms. The summed E-state index contributed by atoms with van der Waals surface area (Å²) in [5.41, 5.74) is -0.697. The number of carbonyl (C=O) groups is 1. The number of tetrazole rings is 1. The number of hydrogen-bond donors (Lipinski definition) is 1. The number of aliphatic carboxylic acids is 1. The van der Waals surface area contributed by atoms with Gasteiger partial charge in [0, 0.05) is 6.42 Å². The Hall–Kier alpha value is -1.46. The highest BCUT2D eigenvalue weighted by Gasteiger charge is 2.40. The van der Waals surface area contributed by atoms with Crippen molar-refractivity contribution in [3.05, 3.63) is 5.82 Å². The summed E-state index contributed by atoms with van der Waals surface area (Å²) in [6.07, 6.45) is 6.45. The van der Waals surface area contributed by atoms with Crippen LogP contribution >= 0.6 is 0 Å². The summed E-state index contributed by atoms with van der Waals surface area (Å²) in [5, 5.41) is 21.5. The number of nitrogens with zero attached hydrogens (tertiary/aromatic N) is 4. The summed E-state index contributed by atoms with van der Waals surface area (Å²) in [6.45, 7) is 4.62. The van der Waals surface area contributed by atoms with E-state index in [1.54, 1.807) is 4.68 Å². The molecule has 1 fully saturated rings. The van der Waals surface area contributed by atoms with Crippen molar-refractivity contribution in [1.82, 2.24) is 20.2 Å². The maximum Gasteiger partial charge on any atom is 0.311 e. The second-order valence-corrected chi connectivity index (χ2v) is 6.35. The van der Waals surface area contributed by atoms with Gasteiger partial charge in [0.15, 0.2) is 5.82 Å². The Kier molecular flexibility index (Phi) is 4.73. The Morgan fingerprint density at radius 2 is 1.95 bits per heavy atom. The number of carboxylic acid groups (broad SMARTS) is 1. The van der Waals surface area contributed by atoms with Gasteiger partial charge in [-0.1, -0.05) is 39.5 Å². The van der Waals surface area contributed by atoms with Gasteiger partial charge in [-0.25, -0.2) is 4.68 Å². The number of aromatic nitrogens is 4. The van der Waals surface area contributed by atoms with Gasteiger partial charge in [-0.15, -0.1) is 5.10 Å². The number of carboxylic acids is 1. The van der Waals surface area contributed by atoms with E-state index in [-0.39, 0.29) is 0 Å². The minimum absolute atomic E-state index is 0.400. The lowest BCUT2D eigenvalue weighted by molar-refractivity contribution is -0.151. The van der Waals surface area contributed by atoms with E-state index < -0.39 is 11.4 Å². The highest BCUT2D eigenvalue weighted by Crippen LogP contribution is 2.37. The molecular formula is C14H24N4O2. The fraction of sp³-hybridized carbons (Fsp3) is 0.857. The molecule has 1 aliphatic rings. The van der Waals surface area contributed by atoms with E-state index in [0.717, 1.165) is 50.8 Å². The maximum atomic E-state index is 11.8. The van der Waals surface area contributed by atoms with Crippen LogP contribution in [0.1, 0.15) is 58.2 Å². The van der Waals surface area contributed by atoms with Crippen molar-refractivity contribution in [1.29, 1.82) is 0 Å².